The molecule has 92 valence electrons. The van der Waals surface area contributed by atoms with Gasteiger partial charge in [0.2, 0.25) is 0 Å². The van der Waals surface area contributed by atoms with E-state index in [9.17, 15) is 4.79 Å². The molecule has 0 heterocycles. The predicted octanol–water partition coefficient (Wildman–Crippen LogP) is 5.05. The number of Topliss-reactive ketones (excluding diaryl/α,β-unsaturated/α-hetero) is 1. The smallest absolute Gasteiger partial charge is 0.159 e. The van der Waals surface area contributed by atoms with Crippen LogP contribution in [0.25, 0.3) is 0 Å². The Kier molecular flexibility index (Phi) is 4.40. The Balaban J connectivity index is 2.24. The number of benzene rings is 2. The summed E-state index contributed by atoms with van der Waals surface area (Å²) >= 11 is 5.65. The summed E-state index contributed by atoms with van der Waals surface area (Å²) in [6.07, 6.45) is 0. The third kappa shape index (κ3) is 3.32. The van der Waals surface area contributed by atoms with Crippen LogP contribution < -0.4 is 4.74 Å². The molecule has 0 aromatic heterocycles. The highest BCUT2D eigenvalue weighted by Gasteiger charge is 2.06. The summed E-state index contributed by atoms with van der Waals surface area (Å²) in [6.45, 7) is 1.54. The largest absolute Gasteiger partial charge is 0.456 e. The first kappa shape index (κ1) is 13.5. The van der Waals surface area contributed by atoms with E-state index in [4.69, 9.17) is 4.74 Å². The maximum atomic E-state index is 11.2. The zero-order valence-electron chi connectivity index (χ0n) is 9.61. The van der Waals surface area contributed by atoms with Crippen molar-refractivity contribution in [2.24, 2.45) is 0 Å². The molecule has 18 heavy (non-hydrogen) atoms. The second kappa shape index (κ2) is 5.84. The molecule has 2 aromatic rings. The highest BCUT2D eigenvalue weighted by atomic mass is 127. The Labute approximate surface area is 128 Å². The Bertz CT molecular complexity index is 579. The topological polar surface area (TPSA) is 26.3 Å². The van der Waals surface area contributed by atoms with E-state index in [1.54, 1.807) is 25.1 Å². The number of rotatable bonds is 3. The van der Waals surface area contributed by atoms with Crippen LogP contribution in [-0.2, 0) is 0 Å². The van der Waals surface area contributed by atoms with Crippen LogP contribution in [0.4, 0.5) is 0 Å². The zero-order chi connectivity index (χ0) is 13.1. The zero-order valence-corrected chi connectivity index (χ0v) is 13.4. The number of ketones is 1. The molecule has 0 aliphatic carbocycles. The first-order valence-electron chi connectivity index (χ1n) is 5.30. The van der Waals surface area contributed by atoms with Gasteiger partial charge in [-0.15, -0.1) is 0 Å². The van der Waals surface area contributed by atoms with E-state index in [0.29, 0.717) is 11.3 Å². The van der Waals surface area contributed by atoms with Crippen LogP contribution in [0.2, 0.25) is 0 Å². The summed E-state index contributed by atoms with van der Waals surface area (Å²) in [7, 11) is 0. The number of hydrogen-bond donors (Lipinski definition) is 0. The van der Waals surface area contributed by atoms with Crippen molar-refractivity contribution in [2.75, 3.05) is 0 Å². The monoisotopic (exact) mass is 416 g/mol. The summed E-state index contributed by atoms with van der Waals surface area (Å²) in [5, 5.41) is 0. The summed E-state index contributed by atoms with van der Waals surface area (Å²) < 4.78 is 7.67. The van der Waals surface area contributed by atoms with E-state index in [1.165, 1.54) is 0 Å². The molecule has 0 unspecified atom stereocenters. The van der Waals surface area contributed by atoms with Gasteiger partial charge in [0, 0.05) is 9.13 Å². The Morgan fingerprint density at radius 3 is 2.39 bits per heavy atom. The van der Waals surface area contributed by atoms with Crippen LogP contribution >= 0.6 is 38.5 Å². The number of carbonyl (C=O) groups excluding carboxylic acids is 1. The number of halogens is 2. The molecule has 0 fully saturated rings. The summed E-state index contributed by atoms with van der Waals surface area (Å²) in [5.41, 5.74) is 0.664. The van der Waals surface area contributed by atoms with Gasteiger partial charge in [0.25, 0.3) is 0 Å². The molecule has 0 atom stereocenters. The fourth-order valence-electron chi connectivity index (χ4n) is 1.43. The molecule has 2 rings (SSSR count). The number of hydrogen-bond acceptors (Lipinski definition) is 2. The molecule has 0 saturated heterocycles. The lowest BCUT2D eigenvalue weighted by Crippen LogP contribution is -1.93. The molecule has 0 aliphatic heterocycles. The van der Waals surface area contributed by atoms with Gasteiger partial charge in [-0.25, -0.2) is 0 Å². The van der Waals surface area contributed by atoms with E-state index in [-0.39, 0.29) is 5.78 Å². The normalized spacial score (nSPS) is 10.2. The molecule has 2 nitrogen and oxygen atoms in total. The molecular weight excluding hydrogens is 407 g/mol. The maximum Gasteiger partial charge on any atom is 0.159 e. The molecular formula is C14H10BrIO2. The summed E-state index contributed by atoms with van der Waals surface area (Å²) in [5.74, 6) is 1.50. The van der Waals surface area contributed by atoms with Gasteiger partial charge in [-0.2, -0.15) is 0 Å². The summed E-state index contributed by atoms with van der Waals surface area (Å²) in [4.78, 5) is 11.2. The van der Waals surface area contributed by atoms with E-state index in [1.807, 2.05) is 24.3 Å². The number of carbonyl (C=O) groups is 1. The molecule has 0 radical (unpaired) electrons. The molecule has 0 N–H and O–H groups in total. The second-order valence-corrected chi connectivity index (χ2v) is 5.86. The first-order chi connectivity index (χ1) is 8.56. The van der Waals surface area contributed by atoms with Crippen LogP contribution in [0.1, 0.15) is 17.3 Å². The van der Waals surface area contributed by atoms with Crippen LogP contribution in [0, 0.1) is 3.57 Å². The van der Waals surface area contributed by atoms with Crippen molar-refractivity contribution >= 4 is 44.3 Å². The van der Waals surface area contributed by atoms with Crippen molar-refractivity contribution in [2.45, 2.75) is 6.92 Å². The van der Waals surface area contributed by atoms with Gasteiger partial charge in [0.1, 0.15) is 11.5 Å². The van der Waals surface area contributed by atoms with Gasteiger partial charge in [0.15, 0.2) is 5.78 Å². The lowest BCUT2D eigenvalue weighted by atomic mass is 10.1. The minimum atomic E-state index is 0.0384. The van der Waals surface area contributed by atoms with E-state index >= 15 is 0 Å². The highest BCUT2D eigenvalue weighted by Crippen LogP contribution is 2.30. The van der Waals surface area contributed by atoms with Gasteiger partial charge < -0.3 is 4.74 Å². The molecule has 0 saturated carbocycles. The van der Waals surface area contributed by atoms with E-state index in [0.717, 1.165) is 13.8 Å². The number of ether oxygens (including phenoxy) is 1. The molecule has 0 amide bonds. The second-order valence-electron chi connectivity index (χ2n) is 3.76. The minimum absolute atomic E-state index is 0.0384. The van der Waals surface area contributed by atoms with E-state index < -0.39 is 0 Å². The van der Waals surface area contributed by atoms with Crippen molar-refractivity contribution in [1.29, 1.82) is 0 Å². The molecule has 2 aromatic carbocycles. The Morgan fingerprint density at radius 2 is 1.83 bits per heavy atom. The van der Waals surface area contributed by atoms with Crippen molar-refractivity contribution in [3.05, 3.63) is 56.1 Å². The average molecular weight is 417 g/mol. The van der Waals surface area contributed by atoms with Crippen LogP contribution in [-0.4, -0.2) is 5.78 Å². The molecule has 0 spiro atoms. The van der Waals surface area contributed by atoms with E-state index in [2.05, 4.69) is 38.5 Å². The third-order valence-corrected chi connectivity index (χ3v) is 3.72. The van der Waals surface area contributed by atoms with Gasteiger partial charge in [-0.3, -0.25) is 4.79 Å². The Hall–Kier alpha value is -0.880. The quantitative estimate of drug-likeness (QED) is 0.517. The fraction of sp³-hybridized carbons (Fsp3) is 0.0714. The highest BCUT2D eigenvalue weighted by molar-refractivity contribution is 14.1. The van der Waals surface area contributed by atoms with Crippen LogP contribution in [0.5, 0.6) is 11.5 Å². The third-order valence-electron chi connectivity index (χ3n) is 2.38. The first-order valence-corrected chi connectivity index (χ1v) is 7.17. The van der Waals surface area contributed by atoms with Crippen LogP contribution in [0.15, 0.2) is 46.9 Å². The lowest BCUT2D eigenvalue weighted by Gasteiger charge is -2.08. The van der Waals surface area contributed by atoms with Gasteiger partial charge in [0.05, 0.1) is 4.47 Å². The minimum Gasteiger partial charge on any atom is -0.456 e. The van der Waals surface area contributed by atoms with Gasteiger partial charge in [-0.05, 0) is 87.9 Å². The fourth-order valence-corrected chi connectivity index (χ4v) is 2.25. The molecule has 0 bridgehead atoms. The molecule has 4 heteroatoms. The van der Waals surface area contributed by atoms with Crippen molar-refractivity contribution in [1.82, 2.24) is 0 Å². The van der Waals surface area contributed by atoms with Crippen molar-refractivity contribution in [3.63, 3.8) is 0 Å². The van der Waals surface area contributed by atoms with Crippen molar-refractivity contribution < 1.29 is 9.53 Å². The molecule has 0 aliphatic rings. The average Bonchev–Trinajstić information content (AvgIpc) is 2.34. The standard InChI is InChI=1S/C14H10BrIO2/c1-9(17)10-2-7-14(13(15)8-10)18-12-5-3-11(16)4-6-12/h2-8H,1H3. The Morgan fingerprint density at radius 1 is 1.17 bits per heavy atom. The van der Waals surface area contributed by atoms with Crippen LogP contribution in [0.3, 0.4) is 0 Å². The maximum absolute atomic E-state index is 11.2. The SMILES string of the molecule is CC(=O)c1ccc(Oc2ccc(I)cc2)c(Br)c1. The van der Waals surface area contributed by atoms with Gasteiger partial charge in [-0.1, -0.05) is 0 Å². The summed E-state index contributed by atoms with van der Waals surface area (Å²) in [6, 6.07) is 13.1. The van der Waals surface area contributed by atoms with Crippen molar-refractivity contribution in [3.8, 4) is 11.5 Å². The lowest BCUT2D eigenvalue weighted by molar-refractivity contribution is 0.101. The predicted molar refractivity (Wildman–Crippen MR) is 83.4 cm³/mol. The van der Waals surface area contributed by atoms with Gasteiger partial charge >= 0.3 is 0 Å².